The van der Waals surface area contributed by atoms with Gasteiger partial charge in [0.2, 0.25) is 0 Å². The van der Waals surface area contributed by atoms with Crippen molar-refractivity contribution in [1.82, 2.24) is 0 Å². The lowest BCUT2D eigenvalue weighted by molar-refractivity contribution is -0.137. The van der Waals surface area contributed by atoms with Gasteiger partial charge in [0.05, 0.1) is 19.8 Å². The number of carbonyl (C=O) groups is 2. The highest BCUT2D eigenvalue weighted by Gasteiger charge is 2.31. The number of rotatable bonds is 2. The van der Waals surface area contributed by atoms with Crippen molar-refractivity contribution in [3.8, 4) is 0 Å². The summed E-state index contributed by atoms with van der Waals surface area (Å²) in [6, 6.07) is 0. The van der Waals surface area contributed by atoms with E-state index in [9.17, 15) is 9.59 Å². The van der Waals surface area contributed by atoms with E-state index in [1.54, 1.807) is 12.2 Å². The lowest BCUT2D eigenvalue weighted by Crippen LogP contribution is -2.25. The molecular formula is C16H22O4. The maximum atomic E-state index is 12.0. The van der Waals surface area contributed by atoms with Gasteiger partial charge in [-0.25, -0.2) is 9.59 Å². The summed E-state index contributed by atoms with van der Waals surface area (Å²) in [7, 11) is 2.72. The van der Waals surface area contributed by atoms with Crippen molar-refractivity contribution >= 4 is 11.9 Å². The van der Waals surface area contributed by atoms with Gasteiger partial charge in [0.1, 0.15) is 0 Å². The van der Waals surface area contributed by atoms with E-state index in [4.69, 9.17) is 9.47 Å². The fourth-order valence-electron chi connectivity index (χ4n) is 2.11. The molecular weight excluding hydrogens is 256 g/mol. The second-order valence-electron chi connectivity index (χ2n) is 6.02. The highest BCUT2D eigenvalue weighted by atomic mass is 16.5. The highest BCUT2D eigenvalue weighted by molar-refractivity contribution is 5.93. The van der Waals surface area contributed by atoms with Crippen molar-refractivity contribution < 1.29 is 19.1 Å². The van der Waals surface area contributed by atoms with Gasteiger partial charge in [-0.3, -0.25) is 0 Å². The summed E-state index contributed by atoms with van der Waals surface area (Å²) in [6.45, 7) is 7.66. The Hall–Kier alpha value is -1.84. The van der Waals surface area contributed by atoms with Crippen LogP contribution in [0.15, 0.2) is 35.5 Å². The minimum Gasteiger partial charge on any atom is -0.466 e. The van der Waals surface area contributed by atoms with Crippen molar-refractivity contribution in [2.24, 2.45) is 10.8 Å². The molecule has 4 heteroatoms. The van der Waals surface area contributed by atoms with Crippen molar-refractivity contribution in [2.75, 3.05) is 14.2 Å². The molecule has 0 saturated carbocycles. The van der Waals surface area contributed by atoms with E-state index in [0.29, 0.717) is 11.1 Å². The minimum atomic E-state index is -0.530. The van der Waals surface area contributed by atoms with E-state index in [1.165, 1.54) is 14.2 Å². The molecule has 4 nitrogen and oxygen atoms in total. The molecule has 20 heavy (non-hydrogen) atoms. The third kappa shape index (κ3) is 3.59. The average molecular weight is 278 g/mol. The van der Waals surface area contributed by atoms with Crippen LogP contribution in [0.4, 0.5) is 0 Å². The summed E-state index contributed by atoms with van der Waals surface area (Å²) in [5.41, 5.74) is 0.0552. The zero-order chi connectivity index (χ0) is 15.6. The summed E-state index contributed by atoms with van der Waals surface area (Å²) in [6.07, 6.45) is 7.13. The Bertz CT molecular complexity index is 505. The molecule has 0 spiro atoms. The first-order valence-electron chi connectivity index (χ1n) is 6.45. The molecule has 0 radical (unpaired) electrons. The van der Waals surface area contributed by atoms with Crippen molar-refractivity contribution in [3.63, 3.8) is 0 Å². The van der Waals surface area contributed by atoms with Gasteiger partial charge in [0.25, 0.3) is 0 Å². The molecule has 0 aromatic rings. The molecule has 0 saturated heterocycles. The van der Waals surface area contributed by atoms with E-state index in [0.717, 1.165) is 0 Å². The van der Waals surface area contributed by atoms with Crippen LogP contribution in [0, 0.1) is 10.8 Å². The normalized spacial score (nSPS) is 26.9. The summed E-state index contributed by atoms with van der Waals surface area (Å²) in [5.74, 6) is -0.748. The van der Waals surface area contributed by atoms with Gasteiger partial charge in [-0.2, -0.15) is 0 Å². The number of allylic oxidation sites excluding steroid dienone is 3. The van der Waals surface area contributed by atoms with Gasteiger partial charge in [-0.1, -0.05) is 52.0 Å². The molecule has 0 heterocycles. The van der Waals surface area contributed by atoms with Gasteiger partial charge in [-0.05, 0) is 0 Å². The Balaban J connectivity index is 3.43. The fourth-order valence-corrected chi connectivity index (χ4v) is 2.11. The predicted octanol–water partition coefficient (Wildman–Crippen LogP) is 2.81. The lowest BCUT2D eigenvalue weighted by Gasteiger charge is -2.28. The van der Waals surface area contributed by atoms with Crippen molar-refractivity contribution in [3.05, 3.63) is 35.5 Å². The molecule has 0 aromatic carbocycles. The molecule has 0 amide bonds. The van der Waals surface area contributed by atoms with Gasteiger partial charge >= 0.3 is 11.9 Å². The lowest BCUT2D eigenvalue weighted by atomic mass is 9.76. The van der Waals surface area contributed by atoms with E-state index in [-0.39, 0.29) is 11.9 Å². The largest absolute Gasteiger partial charge is 0.466 e. The standard InChI is InChI=1S/C16H22O4/c1-15(2)9-11(13(17)19-5)7-8-16(3,4)12(10-15)14(18)20-6/h7-10H,1-6H3/b8-7-,11-9+,12-10-. The minimum absolute atomic E-state index is 0.359. The summed E-state index contributed by atoms with van der Waals surface area (Å²) < 4.78 is 9.63. The van der Waals surface area contributed by atoms with Gasteiger partial charge < -0.3 is 9.47 Å². The van der Waals surface area contributed by atoms with Crippen LogP contribution >= 0.6 is 0 Å². The van der Waals surface area contributed by atoms with Crippen molar-refractivity contribution in [1.29, 1.82) is 0 Å². The maximum Gasteiger partial charge on any atom is 0.337 e. The van der Waals surface area contributed by atoms with Gasteiger partial charge in [0.15, 0.2) is 0 Å². The maximum absolute atomic E-state index is 12.0. The van der Waals surface area contributed by atoms with E-state index in [1.807, 2.05) is 39.8 Å². The molecule has 1 aliphatic rings. The van der Waals surface area contributed by atoms with Crippen molar-refractivity contribution in [2.45, 2.75) is 27.7 Å². The molecule has 0 aliphatic heterocycles. The zero-order valence-electron chi connectivity index (χ0n) is 12.9. The molecule has 1 aliphatic carbocycles. The highest BCUT2D eigenvalue weighted by Crippen LogP contribution is 2.36. The summed E-state index contributed by atoms with van der Waals surface area (Å²) >= 11 is 0. The first-order valence-corrected chi connectivity index (χ1v) is 6.45. The monoisotopic (exact) mass is 278 g/mol. The Morgan fingerprint density at radius 3 is 2.00 bits per heavy atom. The van der Waals surface area contributed by atoms with E-state index < -0.39 is 10.8 Å². The van der Waals surface area contributed by atoms with Crippen LogP contribution in [0.5, 0.6) is 0 Å². The first kappa shape index (κ1) is 16.2. The molecule has 0 fully saturated rings. The molecule has 0 atom stereocenters. The SMILES string of the molecule is COC(=O)C1=C/C(C)(C)/C=C(/C(=O)OC)C(C)(C)/C=C\1. The van der Waals surface area contributed by atoms with Crippen LogP contribution in [-0.2, 0) is 19.1 Å². The Kier molecular flexibility index (Phi) is 4.58. The molecule has 110 valence electrons. The van der Waals surface area contributed by atoms with E-state index >= 15 is 0 Å². The average Bonchev–Trinajstić information content (AvgIpc) is 2.37. The Morgan fingerprint density at radius 1 is 0.950 bits per heavy atom. The number of hydrogen-bond donors (Lipinski definition) is 0. The van der Waals surface area contributed by atoms with Crippen LogP contribution in [0.25, 0.3) is 0 Å². The van der Waals surface area contributed by atoms with E-state index in [2.05, 4.69) is 0 Å². The summed E-state index contributed by atoms with van der Waals surface area (Å²) in [4.78, 5) is 23.7. The molecule has 0 aromatic heterocycles. The second-order valence-corrected chi connectivity index (χ2v) is 6.02. The van der Waals surface area contributed by atoms with Crippen LogP contribution in [0.1, 0.15) is 27.7 Å². The molecule has 0 bridgehead atoms. The number of hydrogen-bond acceptors (Lipinski definition) is 4. The van der Waals surface area contributed by atoms with Gasteiger partial charge in [0, 0.05) is 16.4 Å². The van der Waals surface area contributed by atoms with Gasteiger partial charge in [-0.15, -0.1) is 0 Å². The quantitative estimate of drug-likeness (QED) is 0.729. The third-order valence-electron chi connectivity index (χ3n) is 3.24. The molecule has 1 rings (SSSR count). The third-order valence-corrected chi connectivity index (χ3v) is 3.24. The number of ether oxygens (including phenoxy) is 2. The van der Waals surface area contributed by atoms with Crippen LogP contribution in [0.3, 0.4) is 0 Å². The fraction of sp³-hybridized carbons (Fsp3) is 0.500. The zero-order valence-corrected chi connectivity index (χ0v) is 12.9. The predicted molar refractivity (Wildman–Crippen MR) is 76.9 cm³/mol. The summed E-state index contributed by atoms with van der Waals surface area (Å²) in [5, 5.41) is 0. The number of carbonyl (C=O) groups excluding carboxylic acids is 2. The number of esters is 2. The Labute approximate surface area is 120 Å². The molecule has 0 unspecified atom stereocenters. The van der Waals surface area contributed by atoms with Crippen LogP contribution in [0.2, 0.25) is 0 Å². The van der Waals surface area contributed by atoms with Crippen LogP contribution < -0.4 is 0 Å². The Morgan fingerprint density at radius 2 is 1.50 bits per heavy atom. The molecule has 0 N–H and O–H groups in total. The number of methoxy groups -OCH3 is 2. The van der Waals surface area contributed by atoms with Crippen LogP contribution in [-0.4, -0.2) is 26.2 Å². The smallest absolute Gasteiger partial charge is 0.337 e. The topological polar surface area (TPSA) is 52.6 Å². The second kappa shape index (κ2) is 5.65. The first-order chi connectivity index (χ1) is 9.13.